The highest BCUT2D eigenvalue weighted by molar-refractivity contribution is 7.98. The van der Waals surface area contributed by atoms with E-state index in [2.05, 4.69) is 16.0 Å². The van der Waals surface area contributed by atoms with Crippen molar-refractivity contribution in [2.45, 2.75) is 32.4 Å². The van der Waals surface area contributed by atoms with Crippen LogP contribution in [-0.4, -0.2) is 66.1 Å². The molecule has 1 aromatic rings. The molecule has 1 aromatic carbocycles. The van der Waals surface area contributed by atoms with Gasteiger partial charge < -0.3 is 25.4 Å². The number of ether oxygens (including phenoxy) is 2. The molecule has 12 nitrogen and oxygen atoms in total. The highest BCUT2D eigenvalue weighted by Gasteiger charge is 2.31. The number of carbonyl (C=O) groups is 4. The number of carbonyl (C=O) groups excluding carboxylic acids is 4. The van der Waals surface area contributed by atoms with Crippen LogP contribution < -0.4 is 16.0 Å². The molecule has 0 aliphatic carbocycles. The van der Waals surface area contributed by atoms with E-state index < -0.39 is 47.5 Å². The summed E-state index contributed by atoms with van der Waals surface area (Å²) in [6, 6.07) is 2.83. The van der Waals surface area contributed by atoms with Crippen LogP contribution >= 0.6 is 11.8 Å². The van der Waals surface area contributed by atoms with Gasteiger partial charge in [-0.2, -0.15) is 11.8 Å². The minimum Gasteiger partial charge on any atom is -0.463 e. The van der Waals surface area contributed by atoms with E-state index >= 15 is 0 Å². The summed E-state index contributed by atoms with van der Waals surface area (Å²) in [5.41, 5.74) is -0.0415. The molecule has 0 radical (unpaired) electrons. The van der Waals surface area contributed by atoms with Crippen molar-refractivity contribution < 1.29 is 33.6 Å². The van der Waals surface area contributed by atoms with E-state index in [-0.39, 0.29) is 35.5 Å². The molecule has 13 heteroatoms. The lowest BCUT2D eigenvalue weighted by Crippen LogP contribution is -2.50. The smallest absolute Gasteiger partial charge is 0.338 e. The fourth-order valence-corrected chi connectivity index (χ4v) is 3.60. The average molecular weight is 495 g/mol. The Morgan fingerprint density at radius 2 is 2.03 bits per heavy atom. The first-order valence-corrected chi connectivity index (χ1v) is 11.8. The van der Waals surface area contributed by atoms with Crippen LogP contribution in [0.1, 0.15) is 30.6 Å². The van der Waals surface area contributed by atoms with Crippen LogP contribution in [0.5, 0.6) is 0 Å². The third kappa shape index (κ3) is 7.20. The molecule has 34 heavy (non-hydrogen) atoms. The molecule has 2 unspecified atom stereocenters. The number of nitrogens with one attached hydrogen (secondary N) is 3. The zero-order chi connectivity index (χ0) is 25.3. The molecule has 184 valence electrons. The van der Waals surface area contributed by atoms with Crippen molar-refractivity contribution >= 4 is 41.3 Å². The molecule has 0 spiro atoms. The summed E-state index contributed by atoms with van der Waals surface area (Å²) in [5.74, 6) is -1.61. The summed E-state index contributed by atoms with van der Waals surface area (Å²) in [6.07, 6.45) is 2.06. The molecule has 1 heterocycles. The predicted octanol–water partition coefficient (Wildman–Crippen LogP) is 1.51. The van der Waals surface area contributed by atoms with E-state index in [1.165, 1.54) is 30.0 Å². The second-order valence-electron chi connectivity index (χ2n) is 7.16. The lowest BCUT2D eigenvalue weighted by Gasteiger charge is -2.26. The van der Waals surface area contributed by atoms with Crippen molar-refractivity contribution in [1.29, 1.82) is 0 Å². The number of benzene rings is 1. The number of non-ortho nitro benzene ring substituents is 1. The number of thioether (sulfide) groups is 1. The Balaban J connectivity index is 2.16. The first kappa shape index (κ1) is 26.6. The van der Waals surface area contributed by atoms with Crippen molar-refractivity contribution in [3.63, 3.8) is 0 Å². The van der Waals surface area contributed by atoms with Crippen molar-refractivity contribution in [3.8, 4) is 0 Å². The Bertz CT molecular complexity index is 997. The molecule has 2 atom stereocenters. The van der Waals surface area contributed by atoms with Gasteiger partial charge in [0.25, 0.3) is 11.6 Å². The summed E-state index contributed by atoms with van der Waals surface area (Å²) in [7, 11) is 0. The zero-order valence-electron chi connectivity index (χ0n) is 18.9. The van der Waals surface area contributed by atoms with Crippen LogP contribution in [0.15, 0.2) is 35.5 Å². The van der Waals surface area contributed by atoms with Gasteiger partial charge in [0, 0.05) is 17.7 Å². The summed E-state index contributed by atoms with van der Waals surface area (Å²) >= 11 is 1.45. The number of nitrogens with zero attached hydrogens (tertiary/aromatic N) is 1. The van der Waals surface area contributed by atoms with Gasteiger partial charge in [-0.05, 0) is 38.3 Å². The van der Waals surface area contributed by atoms with Crippen LogP contribution in [0.3, 0.4) is 0 Å². The van der Waals surface area contributed by atoms with Gasteiger partial charge >= 0.3 is 18.0 Å². The largest absolute Gasteiger partial charge is 0.463 e. The number of esters is 2. The van der Waals surface area contributed by atoms with E-state index in [0.29, 0.717) is 5.75 Å². The second kappa shape index (κ2) is 12.6. The Kier molecular flexibility index (Phi) is 9.86. The Morgan fingerprint density at radius 3 is 2.68 bits per heavy atom. The fraction of sp³-hybridized carbons (Fsp3) is 0.429. The zero-order valence-corrected chi connectivity index (χ0v) is 19.7. The third-order valence-electron chi connectivity index (χ3n) is 4.74. The SMILES string of the molecule is CCOC(=O)C1=C(COC(=O)C(CCSC)NC(=O)c2cccc([N+](=O)[O-])c2)NC(=O)NC1C. The molecule has 0 saturated carbocycles. The standard InChI is InChI=1S/C21H26N4O8S/c1-4-32-20(28)17-12(2)22-21(29)24-16(17)11-33-19(27)15(8-9-34-3)23-18(26)13-6-5-7-14(10-13)25(30)31/h5-7,10,12,15H,4,8-9,11H2,1-3H3,(H,23,26)(H2,22,24,29). The number of hydrogen-bond donors (Lipinski definition) is 3. The van der Waals surface area contributed by atoms with Crippen molar-refractivity contribution in [1.82, 2.24) is 16.0 Å². The van der Waals surface area contributed by atoms with Gasteiger partial charge in [0.05, 0.1) is 28.8 Å². The van der Waals surface area contributed by atoms with Crippen LogP contribution in [0.4, 0.5) is 10.5 Å². The first-order chi connectivity index (χ1) is 16.2. The van der Waals surface area contributed by atoms with Gasteiger partial charge in [0.1, 0.15) is 12.6 Å². The number of nitro benzene ring substituents is 1. The number of amides is 3. The minimum atomic E-state index is -1.05. The quantitative estimate of drug-likeness (QED) is 0.235. The maximum atomic E-state index is 12.8. The lowest BCUT2D eigenvalue weighted by molar-refractivity contribution is -0.384. The Labute approximate surface area is 200 Å². The summed E-state index contributed by atoms with van der Waals surface area (Å²) in [5, 5.41) is 18.5. The minimum absolute atomic E-state index is 0.0166. The number of urea groups is 1. The van der Waals surface area contributed by atoms with E-state index in [9.17, 15) is 29.3 Å². The average Bonchev–Trinajstić information content (AvgIpc) is 2.79. The molecule has 0 bridgehead atoms. The van der Waals surface area contributed by atoms with E-state index in [4.69, 9.17) is 9.47 Å². The van der Waals surface area contributed by atoms with Gasteiger partial charge in [-0.1, -0.05) is 6.07 Å². The van der Waals surface area contributed by atoms with Crippen LogP contribution in [0, 0.1) is 10.1 Å². The molecule has 3 amide bonds. The van der Waals surface area contributed by atoms with E-state index in [1.54, 1.807) is 13.8 Å². The highest BCUT2D eigenvalue weighted by Crippen LogP contribution is 2.16. The van der Waals surface area contributed by atoms with Crippen molar-refractivity contribution in [3.05, 3.63) is 51.2 Å². The maximum absolute atomic E-state index is 12.8. The number of nitro groups is 1. The topological polar surface area (TPSA) is 166 Å². The van der Waals surface area contributed by atoms with Gasteiger partial charge in [0.15, 0.2) is 0 Å². The van der Waals surface area contributed by atoms with Gasteiger partial charge in [-0.3, -0.25) is 14.9 Å². The summed E-state index contributed by atoms with van der Waals surface area (Å²) < 4.78 is 10.3. The maximum Gasteiger partial charge on any atom is 0.338 e. The van der Waals surface area contributed by atoms with Gasteiger partial charge in [-0.25, -0.2) is 14.4 Å². The molecule has 3 N–H and O–H groups in total. The number of hydrogen-bond acceptors (Lipinski definition) is 9. The van der Waals surface area contributed by atoms with E-state index in [0.717, 1.165) is 6.07 Å². The first-order valence-electron chi connectivity index (χ1n) is 10.4. The highest BCUT2D eigenvalue weighted by atomic mass is 32.2. The second-order valence-corrected chi connectivity index (χ2v) is 8.14. The van der Waals surface area contributed by atoms with Crippen LogP contribution in [0.2, 0.25) is 0 Å². The fourth-order valence-electron chi connectivity index (χ4n) is 3.12. The molecule has 1 aliphatic heterocycles. The molecule has 0 aromatic heterocycles. The van der Waals surface area contributed by atoms with Crippen LogP contribution in [0.25, 0.3) is 0 Å². The summed E-state index contributed by atoms with van der Waals surface area (Å²) in [6.45, 7) is 2.93. The number of rotatable bonds is 11. The van der Waals surface area contributed by atoms with Crippen molar-refractivity contribution in [2.24, 2.45) is 0 Å². The molecule has 1 aliphatic rings. The monoisotopic (exact) mass is 494 g/mol. The van der Waals surface area contributed by atoms with Crippen molar-refractivity contribution in [2.75, 3.05) is 25.2 Å². The third-order valence-corrected chi connectivity index (χ3v) is 5.39. The molecule has 0 saturated heterocycles. The Morgan fingerprint density at radius 1 is 1.29 bits per heavy atom. The lowest BCUT2D eigenvalue weighted by atomic mass is 10.0. The Hall–Kier alpha value is -3.61. The molecular weight excluding hydrogens is 468 g/mol. The van der Waals surface area contributed by atoms with Gasteiger partial charge in [0.2, 0.25) is 0 Å². The normalized spacial score (nSPS) is 16.1. The van der Waals surface area contributed by atoms with Crippen LogP contribution in [-0.2, 0) is 19.1 Å². The van der Waals surface area contributed by atoms with E-state index in [1.807, 2.05) is 6.26 Å². The predicted molar refractivity (Wildman–Crippen MR) is 123 cm³/mol. The molecule has 0 fully saturated rings. The van der Waals surface area contributed by atoms with Gasteiger partial charge in [-0.15, -0.1) is 0 Å². The molecular formula is C21H26N4O8S. The summed E-state index contributed by atoms with van der Waals surface area (Å²) in [4.78, 5) is 59.9. The molecule has 2 rings (SSSR count).